The third-order valence-electron chi connectivity index (χ3n) is 4.57. The maximum Gasteiger partial charge on any atom is 0.237 e. The Morgan fingerprint density at radius 2 is 2.11 bits per heavy atom. The predicted octanol–water partition coefficient (Wildman–Crippen LogP) is 3.60. The van der Waals surface area contributed by atoms with E-state index in [2.05, 4.69) is 16.3 Å². The van der Waals surface area contributed by atoms with Gasteiger partial charge < -0.3 is 9.64 Å². The van der Waals surface area contributed by atoms with Crippen LogP contribution in [0.5, 0.6) is 0 Å². The Morgan fingerprint density at radius 3 is 2.78 bits per heavy atom. The largest absolute Gasteiger partial charge is 0.383 e. The van der Waals surface area contributed by atoms with Crippen molar-refractivity contribution in [2.75, 3.05) is 26.0 Å². The maximum atomic E-state index is 12.7. The SMILES string of the molecule is CCN(C(=O)CSc1nnc(-c2ccccc2)n1CCOC)C1=CCCC1. The van der Waals surface area contributed by atoms with Crippen LogP contribution >= 0.6 is 11.8 Å². The molecule has 3 rings (SSSR count). The van der Waals surface area contributed by atoms with E-state index in [-0.39, 0.29) is 5.91 Å². The second-order valence-corrected chi connectivity index (χ2v) is 7.27. The van der Waals surface area contributed by atoms with Crippen LogP contribution in [0.1, 0.15) is 26.2 Å². The first-order valence-corrected chi connectivity index (χ1v) is 10.3. The van der Waals surface area contributed by atoms with Gasteiger partial charge in [0, 0.05) is 24.9 Å². The zero-order valence-corrected chi connectivity index (χ0v) is 16.7. The number of carbonyl (C=O) groups excluding carboxylic acids is 1. The molecule has 1 aliphatic carbocycles. The van der Waals surface area contributed by atoms with E-state index in [0.717, 1.165) is 41.5 Å². The number of aromatic nitrogens is 3. The first-order chi connectivity index (χ1) is 13.2. The zero-order valence-electron chi connectivity index (χ0n) is 15.9. The number of thioether (sulfide) groups is 1. The van der Waals surface area contributed by atoms with Crippen molar-refractivity contribution in [2.45, 2.75) is 37.9 Å². The fraction of sp³-hybridized carbons (Fsp3) is 0.450. The van der Waals surface area contributed by atoms with Crippen molar-refractivity contribution in [1.29, 1.82) is 0 Å². The summed E-state index contributed by atoms with van der Waals surface area (Å²) in [5, 5.41) is 9.44. The van der Waals surface area contributed by atoms with Crippen LogP contribution in [0.4, 0.5) is 0 Å². The van der Waals surface area contributed by atoms with E-state index >= 15 is 0 Å². The van der Waals surface area contributed by atoms with Crippen LogP contribution in [0.2, 0.25) is 0 Å². The molecule has 1 heterocycles. The minimum absolute atomic E-state index is 0.123. The highest BCUT2D eigenvalue weighted by atomic mass is 32.2. The minimum atomic E-state index is 0.123. The van der Waals surface area contributed by atoms with E-state index in [1.165, 1.54) is 11.8 Å². The number of benzene rings is 1. The molecule has 0 N–H and O–H groups in total. The molecule has 1 aromatic heterocycles. The number of rotatable bonds is 9. The fourth-order valence-corrected chi connectivity index (χ4v) is 4.06. The van der Waals surface area contributed by atoms with Gasteiger partial charge in [0.2, 0.25) is 5.91 Å². The Kier molecular flexibility index (Phi) is 7.06. The monoisotopic (exact) mass is 386 g/mol. The molecule has 0 radical (unpaired) electrons. The van der Waals surface area contributed by atoms with Gasteiger partial charge in [0.25, 0.3) is 0 Å². The van der Waals surface area contributed by atoms with Gasteiger partial charge in [0.1, 0.15) is 0 Å². The summed E-state index contributed by atoms with van der Waals surface area (Å²) in [7, 11) is 1.68. The van der Waals surface area contributed by atoms with E-state index in [4.69, 9.17) is 4.74 Å². The number of hydrogen-bond donors (Lipinski definition) is 0. The summed E-state index contributed by atoms with van der Waals surface area (Å²) >= 11 is 1.44. The van der Waals surface area contributed by atoms with Gasteiger partial charge in [0.05, 0.1) is 18.9 Å². The molecule has 144 valence electrons. The normalized spacial score (nSPS) is 13.6. The van der Waals surface area contributed by atoms with Crippen molar-refractivity contribution < 1.29 is 9.53 Å². The predicted molar refractivity (Wildman–Crippen MR) is 107 cm³/mol. The lowest BCUT2D eigenvalue weighted by atomic mass is 10.2. The number of nitrogens with zero attached hydrogens (tertiary/aromatic N) is 4. The van der Waals surface area contributed by atoms with Crippen molar-refractivity contribution in [3.05, 3.63) is 42.1 Å². The van der Waals surface area contributed by atoms with Gasteiger partial charge in [-0.15, -0.1) is 10.2 Å². The molecule has 0 bridgehead atoms. The molecule has 1 aromatic carbocycles. The topological polar surface area (TPSA) is 60.2 Å². The summed E-state index contributed by atoms with van der Waals surface area (Å²) in [5.74, 6) is 1.28. The molecular weight excluding hydrogens is 360 g/mol. The first kappa shape index (κ1) is 19.6. The van der Waals surface area contributed by atoms with Crippen LogP contribution in [0.3, 0.4) is 0 Å². The van der Waals surface area contributed by atoms with Crippen LogP contribution in [-0.4, -0.2) is 51.6 Å². The highest BCUT2D eigenvalue weighted by Crippen LogP contribution is 2.26. The summed E-state index contributed by atoms with van der Waals surface area (Å²) in [4.78, 5) is 14.6. The van der Waals surface area contributed by atoms with Crippen molar-refractivity contribution in [3.8, 4) is 11.4 Å². The number of hydrogen-bond acceptors (Lipinski definition) is 5. The van der Waals surface area contributed by atoms with E-state index < -0.39 is 0 Å². The molecule has 0 saturated heterocycles. The molecular formula is C20H26N4O2S. The molecule has 7 heteroatoms. The molecule has 0 unspecified atom stereocenters. The quantitative estimate of drug-likeness (QED) is 0.616. The molecule has 27 heavy (non-hydrogen) atoms. The van der Waals surface area contributed by atoms with Crippen molar-refractivity contribution in [1.82, 2.24) is 19.7 Å². The summed E-state index contributed by atoms with van der Waals surface area (Å²) < 4.78 is 7.27. The van der Waals surface area contributed by atoms with E-state index in [1.54, 1.807) is 7.11 Å². The van der Waals surface area contributed by atoms with Crippen molar-refractivity contribution in [2.24, 2.45) is 0 Å². The number of allylic oxidation sites excluding steroid dienone is 2. The van der Waals surface area contributed by atoms with Crippen molar-refractivity contribution in [3.63, 3.8) is 0 Å². The number of methoxy groups -OCH3 is 1. The van der Waals surface area contributed by atoms with Gasteiger partial charge in [0.15, 0.2) is 11.0 Å². The minimum Gasteiger partial charge on any atom is -0.383 e. The molecule has 6 nitrogen and oxygen atoms in total. The smallest absolute Gasteiger partial charge is 0.237 e. The lowest BCUT2D eigenvalue weighted by Crippen LogP contribution is -2.31. The Hall–Kier alpha value is -2.12. The number of carbonyl (C=O) groups is 1. The van der Waals surface area contributed by atoms with Gasteiger partial charge in [-0.3, -0.25) is 9.36 Å². The van der Waals surface area contributed by atoms with E-state index in [9.17, 15) is 4.79 Å². The van der Waals surface area contributed by atoms with E-state index in [0.29, 0.717) is 25.4 Å². The Labute approximate surface area is 164 Å². The number of ether oxygens (including phenoxy) is 1. The lowest BCUT2D eigenvalue weighted by Gasteiger charge is -2.22. The molecule has 2 aromatic rings. The zero-order chi connectivity index (χ0) is 19.1. The Bertz CT molecular complexity index is 789. The third kappa shape index (κ3) is 4.78. The Morgan fingerprint density at radius 1 is 1.30 bits per heavy atom. The molecule has 0 spiro atoms. The fourth-order valence-electron chi connectivity index (χ4n) is 3.22. The van der Waals surface area contributed by atoms with Gasteiger partial charge in [-0.2, -0.15) is 0 Å². The molecule has 0 saturated carbocycles. The second-order valence-electron chi connectivity index (χ2n) is 6.33. The highest BCUT2D eigenvalue weighted by Gasteiger charge is 2.21. The molecule has 0 atom stereocenters. The first-order valence-electron chi connectivity index (χ1n) is 9.34. The van der Waals surface area contributed by atoms with Gasteiger partial charge in [-0.1, -0.05) is 48.2 Å². The Balaban J connectivity index is 1.74. The molecule has 0 fully saturated rings. The summed E-state index contributed by atoms with van der Waals surface area (Å²) in [5.41, 5.74) is 2.17. The van der Waals surface area contributed by atoms with Crippen LogP contribution in [0.15, 0.2) is 47.3 Å². The average Bonchev–Trinajstić information content (AvgIpc) is 3.36. The van der Waals surface area contributed by atoms with Crippen LogP contribution in [-0.2, 0) is 16.1 Å². The van der Waals surface area contributed by atoms with Gasteiger partial charge in [-0.25, -0.2) is 0 Å². The number of amides is 1. The van der Waals surface area contributed by atoms with Crippen LogP contribution in [0, 0.1) is 0 Å². The summed E-state index contributed by atoms with van der Waals surface area (Å²) in [6.45, 7) is 3.94. The lowest BCUT2D eigenvalue weighted by molar-refractivity contribution is -0.126. The average molecular weight is 387 g/mol. The van der Waals surface area contributed by atoms with Gasteiger partial charge in [-0.05, 0) is 26.2 Å². The molecule has 0 aliphatic heterocycles. The molecule has 1 aliphatic rings. The standard InChI is InChI=1S/C20H26N4O2S/c1-3-23(17-11-7-8-12-17)18(25)15-27-20-22-21-19(24(20)13-14-26-2)16-9-5-4-6-10-16/h4-6,9-11H,3,7-8,12-15H2,1-2H3. The van der Waals surface area contributed by atoms with Crippen molar-refractivity contribution >= 4 is 17.7 Å². The van der Waals surface area contributed by atoms with Crippen LogP contribution < -0.4 is 0 Å². The summed E-state index contributed by atoms with van der Waals surface area (Å²) in [6, 6.07) is 9.96. The van der Waals surface area contributed by atoms with Crippen LogP contribution in [0.25, 0.3) is 11.4 Å². The maximum absolute atomic E-state index is 12.7. The third-order valence-corrected chi connectivity index (χ3v) is 5.53. The highest BCUT2D eigenvalue weighted by molar-refractivity contribution is 7.99. The van der Waals surface area contributed by atoms with Gasteiger partial charge >= 0.3 is 0 Å². The van der Waals surface area contributed by atoms with E-state index in [1.807, 2.05) is 46.7 Å². The molecule has 1 amide bonds. The summed E-state index contributed by atoms with van der Waals surface area (Å²) in [6.07, 6.45) is 5.38. The second kappa shape index (κ2) is 9.71.